The molecule has 88 valence electrons. The summed E-state index contributed by atoms with van der Waals surface area (Å²) >= 11 is 3.52. The Kier molecular flexibility index (Phi) is 2.36. The summed E-state index contributed by atoms with van der Waals surface area (Å²) < 4.78 is 11.5. The molecule has 1 aliphatic rings. The molecule has 1 aromatic heterocycles. The van der Waals surface area contributed by atoms with Crippen LogP contribution in [0.3, 0.4) is 0 Å². The van der Waals surface area contributed by atoms with Gasteiger partial charge in [-0.2, -0.15) is 0 Å². The van der Waals surface area contributed by atoms with Gasteiger partial charge in [-0.1, -0.05) is 5.16 Å². The molecule has 17 heavy (non-hydrogen) atoms. The van der Waals surface area contributed by atoms with E-state index >= 15 is 0 Å². The van der Waals surface area contributed by atoms with Crippen LogP contribution in [0.25, 0.3) is 11.3 Å². The summed E-state index contributed by atoms with van der Waals surface area (Å²) in [6.45, 7) is 2.06. The molecular weight excluding hydrogens is 284 g/mol. The number of anilines is 1. The number of nitrogen functional groups attached to an aromatic ring is 1. The van der Waals surface area contributed by atoms with E-state index in [4.69, 9.17) is 15.0 Å². The van der Waals surface area contributed by atoms with Crippen LogP contribution in [0.15, 0.2) is 27.2 Å². The first-order chi connectivity index (χ1) is 8.13. The summed E-state index contributed by atoms with van der Waals surface area (Å²) in [5.41, 5.74) is 8.43. The fourth-order valence-electron chi connectivity index (χ4n) is 2.06. The lowest BCUT2D eigenvalue weighted by Gasteiger charge is -2.05. The maximum atomic E-state index is 5.72. The highest BCUT2D eigenvalue weighted by atomic mass is 79.9. The minimum atomic E-state index is 0.221. The molecule has 0 bridgehead atoms. The second-order valence-corrected chi connectivity index (χ2v) is 5.05. The molecule has 5 heteroatoms. The summed E-state index contributed by atoms with van der Waals surface area (Å²) in [4.78, 5) is 0. The van der Waals surface area contributed by atoms with E-state index in [-0.39, 0.29) is 6.10 Å². The fourth-order valence-corrected chi connectivity index (χ4v) is 2.65. The summed E-state index contributed by atoms with van der Waals surface area (Å²) in [7, 11) is 0. The number of rotatable bonds is 1. The molecule has 4 nitrogen and oxygen atoms in total. The number of hydrogen-bond acceptors (Lipinski definition) is 4. The number of ether oxygens (including phenoxy) is 1. The first-order valence-corrected chi connectivity index (χ1v) is 6.14. The van der Waals surface area contributed by atoms with Crippen molar-refractivity contribution in [3.8, 4) is 17.0 Å². The lowest BCUT2D eigenvalue weighted by Crippen LogP contribution is -2.05. The maximum Gasteiger partial charge on any atom is 0.222 e. The van der Waals surface area contributed by atoms with Crippen LogP contribution in [0.1, 0.15) is 12.5 Å². The molecular formula is C12H11BrN2O2. The van der Waals surface area contributed by atoms with Crippen LogP contribution in [-0.4, -0.2) is 11.3 Å². The highest BCUT2D eigenvalue weighted by Gasteiger charge is 2.23. The average molecular weight is 295 g/mol. The molecule has 1 unspecified atom stereocenters. The Hall–Kier alpha value is -1.49. The molecule has 2 aromatic rings. The van der Waals surface area contributed by atoms with E-state index in [0.29, 0.717) is 5.88 Å². The van der Waals surface area contributed by atoms with Crippen LogP contribution in [0, 0.1) is 0 Å². The standard InChI is InChI=1S/C12H11BrN2O2/c1-6-2-8-3-7(4-9(13)12(8)16-6)10-5-11(14)17-15-10/h3-6H,2,14H2,1H3. The number of halogens is 1. The van der Waals surface area contributed by atoms with Crippen molar-refractivity contribution in [1.82, 2.24) is 5.16 Å². The van der Waals surface area contributed by atoms with Crippen molar-refractivity contribution in [3.63, 3.8) is 0 Å². The van der Waals surface area contributed by atoms with Crippen LogP contribution in [-0.2, 0) is 6.42 Å². The Labute approximate surface area is 107 Å². The second-order valence-electron chi connectivity index (χ2n) is 4.19. The Morgan fingerprint density at radius 2 is 2.24 bits per heavy atom. The third-order valence-electron chi connectivity index (χ3n) is 2.77. The zero-order valence-electron chi connectivity index (χ0n) is 9.24. The van der Waals surface area contributed by atoms with E-state index in [1.165, 1.54) is 5.56 Å². The third-order valence-corrected chi connectivity index (χ3v) is 3.36. The van der Waals surface area contributed by atoms with Gasteiger partial charge >= 0.3 is 0 Å². The van der Waals surface area contributed by atoms with E-state index in [0.717, 1.165) is 27.9 Å². The average Bonchev–Trinajstić information content (AvgIpc) is 2.83. The van der Waals surface area contributed by atoms with Gasteiger partial charge in [-0.05, 0) is 40.5 Å². The Morgan fingerprint density at radius 1 is 1.41 bits per heavy atom. The van der Waals surface area contributed by atoms with Crippen molar-refractivity contribution in [2.24, 2.45) is 0 Å². The zero-order valence-corrected chi connectivity index (χ0v) is 10.8. The molecule has 1 atom stereocenters. The molecule has 2 N–H and O–H groups in total. The van der Waals surface area contributed by atoms with Crippen LogP contribution in [0.4, 0.5) is 5.88 Å². The van der Waals surface area contributed by atoms with E-state index in [2.05, 4.69) is 34.1 Å². The third kappa shape index (κ3) is 1.80. The van der Waals surface area contributed by atoms with Gasteiger partial charge in [-0.15, -0.1) is 0 Å². The minimum absolute atomic E-state index is 0.221. The van der Waals surface area contributed by atoms with E-state index in [1.54, 1.807) is 6.07 Å². The summed E-state index contributed by atoms with van der Waals surface area (Å²) in [6.07, 6.45) is 1.13. The first kappa shape index (κ1) is 10.7. The van der Waals surface area contributed by atoms with Gasteiger partial charge < -0.3 is 15.0 Å². The second kappa shape index (κ2) is 3.77. The predicted molar refractivity (Wildman–Crippen MR) is 67.8 cm³/mol. The van der Waals surface area contributed by atoms with Gasteiger partial charge in [0, 0.05) is 18.1 Å². The number of aromatic nitrogens is 1. The van der Waals surface area contributed by atoms with Crippen LogP contribution in [0.2, 0.25) is 0 Å². The van der Waals surface area contributed by atoms with Gasteiger partial charge in [0.05, 0.1) is 4.47 Å². The number of nitrogens with zero attached hydrogens (tertiary/aromatic N) is 1. The molecule has 0 spiro atoms. The highest BCUT2D eigenvalue weighted by molar-refractivity contribution is 9.10. The molecule has 3 rings (SSSR count). The summed E-state index contributed by atoms with van der Waals surface area (Å²) in [5.74, 6) is 1.25. The molecule has 1 aromatic carbocycles. The first-order valence-electron chi connectivity index (χ1n) is 5.35. The Morgan fingerprint density at radius 3 is 2.94 bits per heavy atom. The zero-order chi connectivity index (χ0) is 12.0. The van der Waals surface area contributed by atoms with Gasteiger partial charge in [0.15, 0.2) is 0 Å². The Balaban J connectivity index is 2.09. The largest absolute Gasteiger partial charge is 0.489 e. The number of benzene rings is 1. The predicted octanol–water partition coefficient (Wildman–Crippen LogP) is 3.01. The summed E-state index contributed by atoms with van der Waals surface area (Å²) in [5, 5.41) is 3.91. The quantitative estimate of drug-likeness (QED) is 0.878. The molecule has 0 saturated heterocycles. The highest BCUT2D eigenvalue weighted by Crippen LogP contribution is 2.39. The van der Waals surface area contributed by atoms with Crippen LogP contribution >= 0.6 is 15.9 Å². The monoisotopic (exact) mass is 294 g/mol. The van der Waals surface area contributed by atoms with Crippen molar-refractivity contribution in [2.45, 2.75) is 19.4 Å². The van der Waals surface area contributed by atoms with Crippen molar-refractivity contribution < 1.29 is 9.26 Å². The molecule has 0 aliphatic carbocycles. The lowest BCUT2D eigenvalue weighted by atomic mass is 10.1. The van der Waals surface area contributed by atoms with E-state index in [1.807, 2.05) is 6.07 Å². The van der Waals surface area contributed by atoms with E-state index < -0.39 is 0 Å². The van der Waals surface area contributed by atoms with Crippen molar-refractivity contribution in [1.29, 1.82) is 0 Å². The molecule has 2 heterocycles. The van der Waals surface area contributed by atoms with Gasteiger partial charge in [0.2, 0.25) is 5.88 Å². The van der Waals surface area contributed by atoms with Crippen molar-refractivity contribution in [2.75, 3.05) is 5.73 Å². The van der Waals surface area contributed by atoms with Gasteiger partial charge in [-0.3, -0.25) is 0 Å². The fraction of sp³-hybridized carbons (Fsp3) is 0.250. The molecule has 0 radical (unpaired) electrons. The summed E-state index contributed by atoms with van der Waals surface area (Å²) in [6, 6.07) is 5.75. The molecule has 0 saturated carbocycles. The van der Waals surface area contributed by atoms with Gasteiger partial charge in [0.1, 0.15) is 17.5 Å². The smallest absolute Gasteiger partial charge is 0.222 e. The molecule has 0 fully saturated rings. The van der Waals surface area contributed by atoms with Crippen LogP contribution in [0.5, 0.6) is 5.75 Å². The molecule has 0 amide bonds. The van der Waals surface area contributed by atoms with Crippen molar-refractivity contribution in [3.05, 3.63) is 28.2 Å². The number of fused-ring (bicyclic) bond motifs is 1. The molecule has 1 aliphatic heterocycles. The Bertz CT molecular complexity index is 580. The maximum absolute atomic E-state index is 5.72. The minimum Gasteiger partial charge on any atom is -0.489 e. The normalized spacial score (nSPS) is 17.9. The SMILES string of the molecule is CC1Cc2cc(-c3cc(N)on3)cc(Br)c2O1. The van der Waals surface area contributed by atoms with E-state index in [9.17, 15) is 0 Å². The number of nitrogens with two attached hydrogens (primary N) is 1. The van der Waals surface area contributed by atoms with Crippen molar-refractivity contribution >= 4 is 21.8 Å². The van der Waals surface area contributed by atoms with Gasteiger partial charge in [-0.25, -0.2) is 0 Å². The lowest BCUT2D eigenvalue weighted by molar-refractivity contribution is 0.253. The number of hydrogen-bond donors (Lipinski definition) is 1. The van der Waals surface area contributed by atoms with Gasteiger partial charge in [0.25, 0.3) is 0 Å². The topological polar surface area (TPSA) is 61.3 Å². The van der Waals surface area contributed by atoms with Crippen LogP contribution < -0.4 is 10.5 Å².